The number of hydrogen-bond acceptors (Lipinski definition) is 6. The number of halogens is 2. The number of aromatic nitrogens is 3. The first-order valence-corrected chi connectivity index (χ1v) is 12.3. The number of ether oxygens (including phenoxy) is 2. The number of pyridine rings is 2. The summed E-state index contributed by atoms with van der Waals surface area (Å²) in [6, 6.07) is 6.21. The van der Waals surface area contributed by atoms with Crippen molar-refractivity contribution >= 4 is 27.7 Å². The minimum absolute atomic E-state index is 0.0439. The number of carbonyl (C=O) groups excluding carboxylic acids is 1. The third kappa shape index (κ3) is 4.16. The Balaban J connectivity index is 1.76. The maximum Gasteiger partial charge on any atom is 0.264 e. The average Bonchev–Trinajstić information content (AvgIpc) is 3.25. The molecule has 38 heavy (non-hydrogen) atoms. The maximum atomic E-state index is 15.9. The van der Waals surface area contributed by atoms with Crippen molar-refractivity contribution in [2.45, 2.75) is 32.5 Å². The molecule has 1 saturated heterocycles. The quantitative estimate of drug-likeness (QED) is 0.414. The fraction of sp³-hybridized carbons (Fsp3) is 0.370. The molecular weight excluding hydrogens is 498 g/mol. The molecule has 200 valence electrons. The van der Waals surface area contributed by atoms with Crippen molar-refractivity contribution in [1.82, 2.24) is 19.0 Å². The Labute approximate surface area is 216 Å². The van der Waals surface area contributed by atoms with Crippen LogP contribution in [0.15, 0.2) is 35.3 Å². The molecule has 0 unspecified atom stereocenters. The standard InChI is InChI=1S/C27H28F2N4O5/c1-15-12-17-20(32(15)10-11-34)4-5-21(23(17)29)33-14-19(26(35)31-8-6-16(28)7-9-31)24-18(27(33)36)13-22(37-2)25(30-24)38-3/h4-5,12-14,16,34H,6-11H2,1-3H3. The molecule has 1 aliphatic heterocycles. The normalized spacial score (nSPS) is 14.4. The number of aryl methyl sites for hydroxylation is 1. The average molecular weight is 527 g/mol. The van der Waals surface area contributed by atoms with E-state index in [2.05, 4.69) is 4.98 Å². The second kappa shape index (κ2) is 10.1. The molecule has 4 heterocycles. The largest absolute Gasteiger partial charge is 0.491 e. The number of alkyl halides is 1. The molecule has 0 spiro atoms. The summed E-state index contributed by atoms with van der Waals surface area (Å²) in [6.45, 7) is 2.42. The summed E-state index contributed by atoms with van der Waals surface area (Å²) in [7, 11) is 2.79. The van der Waals surface area contributed by atoms with E-state index in [-0.39, 0.29) is 71.7 Å². The zero-order valence-corrected chi connectivity index (χ0v) is 21.3. The number of methoxy groups -OCH3 is 2. The number of aliphatic hydroxyl groups excluding tert-OH is 1. The van der Waals surface area contributed by atoms with Crippen LogP contribution in [0.2, 0.25) is 0 Å². The van der Waals surface area contributed by atoms with Gasteiger partial charge >= 0.3 is 0 Å². The fourth-order valence-electron chi connectivity index (χ4n) is 5.08. The van der Waals surface area contributed by atoms with Crippen LogP contribution in [0.3, 0.4) is 0 Å². The van der Waals surface area contributed by atoms with Gasteiger partial charge in [-0.05, 0) is 38.0 Å². The van der Waals surface area contributed by atoms with Gasteiger partial charge in [0, 0.05) is 43.0 Å². The number of amides is 1. The van der Waals surface area contributed by atoms with Gasteiger partial charge in [0.15, 0.2) is 11.6 Å². The summed E-state index contributed by atoms with van der Waals surface area (Å²) in [5, 5.41) is 9.73. The van der Waals surface area contributed by atoms with Gasteiger partial charge in [0.25, 0.3) is 17.3 Å². The molecule has 9 nitrogen and oxygen atoms in total. The maximum absolute atomic E-state index is 15.9. The van der Waals surface area contributed by atoms with E-state index in [4.69, 9.17) is 9.47 Å². The van der Waals surface area contributed by atoms with Gasteiger partial charge in [0.1, 0.15) is 6.17 Å². The van der Waals surface area contributed by atoms with Crippen LogP contribution in [0.1, 0.15) is 28.9 Å². The summed E-state index contributed by atoms with van der Waals surface area (Å²) in [5.41, 5.74) is 0.831. The van der Waals surface area contributed by atoms with Gasteiger partial charge in [-0.1, -0.05) is 0 Å². The van der Waals surface area contributed by atoms with Gasteiger partial charge in [-0.25, -0.2) is 13.8 Å². The van der Waals surface area contributed by atoms with Crippen molar-refractivity contribution < 1.29 is 28.2 Å². The third-order valence-corrected chi connectivity index (χ3v) is 7.06. The Morgan fingerprint density at radius 2 is 1.89 bits per heavy atom. The van der Waals surface area contributed by atoms with Crippen molar-refractivity contribution in [3.63, 3.8) is 0 Å². The Kier molecular flexibility index (Phi) is 6.78. The molecule has 0 radical (unpaired) electrons. The van der Waals surface area contributed by atoms with E-state index in [9.17, 15) is 19.1 Å². The van der Waals surface area contributed by atoms with E-state index in [0.717, 1.165) is 10.3 Å². The monoisotopic (exact) mass is 526 g/mol. The van der Waals surface area contributed by atoms with Crippen LogP contribution < -0.4 is 15.0 Å². The Hall–Kier alpha value is -3.99. The number of carbonyl (C=O) groups is 1. The first kappa shape index (κ1) is 25.7. The van der Waals surface area contributed by atoms with E-state index in [0.29, 0.717) is 12.1 Å². The Morgan fingerprint density at radius 3 is 2.55 bits per heavy atom. The van der Waals surface area contributed by atoms with Crippen molar-refractivity contribution in [2.75, 3.05) is 33.9 Å². The SMILES string of the molecule is COc1cc2c(=O)n(-c3ccc4c(cc(C)n4CCO)c3F)cc(C(=O)N3CCC(F)CC3)c2nc1OC. The fourth-order valence-corrected chi connectivity index (χ4v) is 5.08. The van der Waals surface area contributed by atoms with Crippen LogP contribution in [0.4, 0.5) is 8.78 Å². The van der Waals surface area contributed by atoms with Crippen LogP contribution in [-0.4, -0.2) is 70.1 Å². The van der Waals surface area contributed by atoms with Crippen LogP contribution in [0, 0.1) is 12.7 Å². The lowest BCUT2D eigenvalue weighted by Gasteiger charge is -2.29. The summed E-state index contributed by atoms with van der Waals surface area (Å²) in [5.74, 6) is -0.822. The van der Waals surface area contributed by atoms with E-state index in [1.807, 2.05) is 0 Å². The number of nitrogens with zero attached hydrogens (tertiary/aromatic N) is 4. The zero-order valence-electron chi connectivity index (χ0n) is 21.3. The molecule has 4 aromatic rings. The van der Waals surface area contributed by atoms with Crippen LogP contribution in [0.5, 0.6) is 11.6 Å². The number of fused-ring (bicyclic) bond motifs is 2. The molecule has 1 fully saturated rings. The highest BCUT2D eigenvalue weighted by Gasteiger charge is 2.28. The highest BCUT2D eigenvalue weighted by molar-refractivity contribution is 6.05. The van der Waals surface area contributed by atoms with Gasteiger partial charge in [0.05, 0.1) is 48.5 Å². The van der Waals surface area contributed by atoms with E-state index in [1.54, 1.807) is 23.6 Å². The molecular formula is C27H28F2N4O5. The van der Waals surface area contributed by atoms with Crippen LogP contribution in [-0.2, 0) is 6.54 Å². The number of hydrogen-bond donors (Lipinski definition) is 1. The molecule has 11 heteroatoms. The molecule has 1 N–H and O–H groups in total. The predicted octanol–water partition coefficient (Wildman–Crippen LogP) is 3.37. The van der Waals surface area contributed by atoms with Crippen LogP contribution >= 0.6 is 0 Å². The first-order valence-electron chi connectivity index (χ1n) is 12.3. The van der Waals surface area contributed by atoms with Crippen LogP contribution in [0.25, 0.3) is 27.5 Å². The smallest absolute Gasteiger partial charge is 0.264 e. The summed E-state index contributed by atoms with van der Waals surface area (Å²) in [6.07, 6.45) is 0.733. The number of rotatable bonds is 6. The lowest BCUT2D eigenvalue weighted by Crippen LogP contribution is -2.39. The van der Waals surface area contributed by atoms with Gasteiger partial charge in [-0.3, -0.25) is 14.2 Å². The third-order valence-electron chi connectivity index (χ3n) is 7.06. The molecule has 0 atom stereocenters. The number of likely N-dealkylation sites (tertiary alicyclic amines) is 1. The number of aliphatic hydroxyl groups is 1. The Morgan fingerprint density at radius 1 is 1.16 bits per heavy atom. The molecule has 1 aromatic carbocycles. The minimum atomic E-state index is -0.977. The van der Waals surface area contributed by atoms with Crippen molar-refractivity contribution in [3.05, 3.63) is 57.9 Å². The van der Waals surface area contributed by atoms with Gasteiger partial charge in [0.2, 0.25) is 0 Å². The van der Waals surface area contributed by atoms with E-state index in [1.165, 1.54) is 37.4 Å². The lowest BCUT2D eigenvalue weighted by atomic mass is 10.1. The van der Waals surface area contributed by atoms with Crippen molar-refractivity contribution in [3.8, 4) is 17.3 Å². The summed E-state index contributed by atoms with van der Waals surface area (Å²) < 4.78 is 43.2. The summed E-state index contributed by atoms with van der Waals surface area (Å²) in [4.78, 5) is 33.2. The second-order valence-electron chi connectivity index (χ2n) is 9.27. The van der Waals surface area contributed by atoms with Crippen molar-refractivity contribution in [2.24, 2.45) is 0 Å². The Bertz CT molecular complexity index is 1610. The highest BCUT2D eigenvalue weighted by atomic mass is 19.1. The van der Waals surface area contributed by atoms with Gasteiger partial charge < -0.3 is 24.0 Å². The molecule has 5 rings (SSSR count). The molecule has 0 bridgehead atoms. The van der Waals surface area contributed by atoms with Crippen molar-refractivity contribution in [1.29, 1.82) is 0 Å². The first-order chi connectivity index (χ1) is 18.3. The topological polar surface area (TPSA) is 98.8 Å². The molecule has 3 aromatic heterocycles. The number of benzene rings is 1. The second-order valence-corrected chi connectivity index (χ2v) is 9.27. The van der Waals surface area contributed by atoms with Gasteiger partial charge in [-0.15, -0.1) is 0 Å². The number of piperidine rings is 1. The zero-order chi connectivity index (χ0) is 27.1. The lowest BCUT2D eigenvalue weighted by molar-refractivity contribution is 0.0668. The van der Waals surface area contributed by atoms with E-state index >= 15 is 4.39 Å². The van der Waals surface area contributed by atoms with E-state index < -0.39 is 23.5 Å². The molecule has 0 saturated carbocycles. The highest BCUT2D eigenvalue weighted by Crippen LogP contribution is 2.32. The molecule has 0 aliphatic carbocycles. The molecule has 1 amide bonds. The predicted molar refractivity (Wildman–Crippen MR) is 138 cm³/mol. The molecule has 1 aliphatic rings. The minimum Gasteiger partial charge on any atom is -0.491 e. The van der Waals surface area contributed by atoms with Gasteiger partial charge in [-0.2, -0.15) is 0 Å². The summed E-state index contributed by atoms with van der Waals surface area (Å²) >= 11 is 0.